The summed E-state index contributed by atoms with van der Waals surface area (Å²) < 4.78 is 13.2. The van der Waals surface area contributed by atoms with E-state index in [1.807, 2.05) is 36.4 Å². The van der Waals surface area contributed by atoms with Gasteiger partial charge in [0.25, 0.3) is 5.56 Å². The zero-order valence-corrected chi connectivity index (χ0v) is 15.0. The summed E-state index contributed by atoms with van der Waals surface area (Å²) in [6.07, 6.45) is 0. The predicted octanol–water partition coefficient (Wildman–Crippen LogP) is 3.94. The van der Waals surface area contributed by atoms with Gasteiger partial charge >= 0.3 is 0 Å². The van der Waals surface area contributed by atoms with Crippen molar-refractivity contribution in [2.75, 3.05) is 5.32 Å². The second-order valence-electron chi connectivity index (χ2n) is 6.26. The Morgan fingerprint density at radius 2 is 1.85 bits per heavy atom. The average molecular weight is 364 g/mol. The van der Waals surface area contributed by atoms with E-state index in [0.29, 0.717) is 35.7 Å². The summed E-state index contributed by atoms with van der Waals surface area (Å²) in [7, 11) is 0. The highest BCUT2D eigenvalue weighted by molar-refractivity contribution is 6.01. The van der Waals surface area contributed by atoms with Crippen LogP contribution in [0.1, 0.15) is 23.6 Å². The van der Waals surface area contributed by atoms with Gasteiger partial charge in [0.15, 0.2) is 0 Å². The molecule has 1 heterocycles. The van der Waals surface area contributed by atoms with Gasteiger partial charge in [-0.2, -0.15) is 0 Å². The lowest BCUT2D eigenvalue weighted by Crippen LogP contribution is -2.23. The maximum Gasteiger partial charge on any atom is 0.254 e. The summed E-state index contributed by atoms with van der Waals surface area (Å²) >= 11 is 0. The van der Waals surface area contributed by atoms with E-state index in [1.54, 1.807) is 19.1 Å². The molecule has 27 heavy (non-hydrogen) atoms. The Bertz CT molecular complexity index is 999. The first kappa shape index (κ1) is 18.5. The molecule has 138 valence electrons. The second kappa shape index (κ2) is 8.42. The number of anilines is 2. The van der Waals surface area contributed by atoms with E-state index in [2.05, 4.69) is 15.6 Å². The van der Waals surface area contributed by atoms with Gasteiger partial charge in [0.2, 0.25) is 0 Å². The van der Waals surface area contributed by atoms with Gasteiger partial charge in [0.05, 0.1) is 0 Å². The van der Waals surface area contributed by atoms with Crippen molar-refractivity contribution in [3.05, 3.63) is 93.5 Å². The molecule has 3 rings (SSSR count). The van der Waals surface area contributed by atoms with E-state index in [9.17, 15) is 9.18 Å². The molecule has 0 atom stereocenters. The number of aromatic amines is 1. The minimum absolute atomic E-state index is 0.231. The smallest absolute Gasteiger partial charge is 0.254 e. The number of rotatable bonds is 7. The van der Waals surface area contributed by atoms with Crippen molar-refractivity contribution in [3.63, 3.8) is 0 Å². The predicted molar refractivity (Wildman–Crippen MR) is 106 cm³/mol. The summed E-state index contributed by atoms with van der Waals surface area (Å²) in [6.45, 7) is 2.44. The fourth-order valence-electron chi connectivity index (χ4n) is 2.75. The molecule has 5 nitrogen and oxygen atoms in total. The monoisotopic (exact) mass is 364 g/mol. The van der Waals surface area contributed by atoms with E-state index in [0.717, 1.165) is 11.3 Å². The maximum atomic E-state index is 13.2. The molecule has 0 bridgehead atoms. The summed E-state index contributed by atoms with van der Waals surface area (Å²) in [5, 5.41) is 14.3. The number of hydrogen-bond acceptors (Lipinski definition) is 4. The summed E-state index contributed by atoms with van der Waals surface area (Å²) in [6, 6.07) is 17.5. The summed E-state index contributed by atoms with van der Waals surface area (Å²) in [4.78, 5) is 15.3. The van der Waals surface area contributed by atoms with Crippen LogP contribution in [-0.2, 0) is 13.1 Å². The van der Waals surface area contributed by atoms with Crippen LogP contribution in [0.3, 0.4) is 0 Å². The molecule has 6 heteroatoms. The van der Waals surface area contributed by atoms with Gasteiger partial charge in [-0.3, -0.25) is 4.79 Å². The van der Waals surface area contributed by atoms with Gasteiger partial charge in [-0.25, -0.2) is 4.39 Å². The standard InChI is InChI=1S/C21H21FN4O/c1-14(23)19-11-16(13-24-12-15-6-5-7-17(22)10-15)21(27)26-20(19)25-18-8-3-2-4-9-18/h2-11,23-24H,12-13H2,1H3,(H2,25,26,27). The third-order valence-corrected chi connectivity index (χ3v) is 4.10. The Morgan fingerprint density at radius 3 is 2.56 bits per heavy atom. The van der Waals surface area contributed by atoms with Crippen LogP contribution in [0.4, 0.5) is 15.9 Å². The number of benzene rings is 2. The fourth-order valence-corrected chi connectivity index (χ4v) is 2.75. The Morgan fingerprint density at radius 1 is 1.07 bits per heavy atom. The lowest BCUT2D eigenvalue weighted by atomic mass is 10.1. The largest absolute Gasteiger partial charge is 0.341 e. The molecule has 0 saturated heterocycles. The van der Waals surface area contributed by atoms with Crippen LogP contribution in [0.25, 0.3) is 0 Å². The molecule has 0 fully saturated rings. The zero-order chi connectivity index (χ0) is 19.2. The molecule has 0 amide bonds. The molecular weight excluding hydrogens is 343 g/mol. The SMILES string of the molecule is CC(=N)c1cc(CNCc2cccc(F)c2)c(=O)[nH]c1Nc1ccccc1. The Hall–Kier alpha value is -3.25. The van der Waals surface area contributed by atoms with Crippen molar-refractivity contribution in [2.24, 2.45) is 0 Å². The fraction of sp³-hybridized carbons (Fsp3) is 0.143. The first-order chi connectivity index (χ1) is 13.0. The molecule has 3 aromatic rings. The van der Waals surface area contributed by atoms with E-state index in [-0.39, 0.29) is 11.4 Å². The lowest BCUT2D eigenvalue weighted by molar-refractivity contribution is 0.620. The molecule has 0 spiro atoms. The number of para-hydroxylation sites is 1. The molecule has 0 radical (unpaired) electrons. The van der Waals surface area contributed by atoms with Crippen LogP contribution in [0, 0.1) is 11.2 Å². The lowest BCUT2D eigenvalue weighted by Gasteiger charge is -2.13. The molecule has 2 aromatic carbocycles. The van der Waals surface area contributed by atoms with Crippen LogP contribution in [0.2, 0.25) is 0 Å². The minimum Gasteiger partial charge on any atom is -0.341 e. The summed E-state index contributed by atoms with van der Waals surface area (Å²) in [5.74, 6) is 0.206. The molecule has 0 aliphatic heterocycles. The van der Waals surface area contributed by atoms with Gasteiger partial charge in [-0.1, -0.05) is 30.3 Å². The normalized spacial score (nSPS) is 10.6. The highest BCUT2D eigenvalue weighted by atomic mass is 19.1. The number of pyridine rings is 1. The van der Waals surface area contributed by atoms with Gasteiger partial charge in [-0.15, -0.1) is 0 Å². The van der Waals surface area contributed by atoms with Crippen molar-refractivity contribution in [3.8, 4) is 0 Å². The number of halogens is 1. The van der Waals surface area contributed by atoms with E-state index < -0.39 is 0 Å². The number of aromatic nitrogens is 1. The van der Waals surface area contributed by atoms with Crippen LogP contribution < -0.4 is 16.2 Å². The molecule has 0 saturated carbocycles. The number of hydrogen-bond donors (Lipinski definition) is 4. The number of H-pyrrole nitrogens is 1. The molecule has 4 N–H and O–H groups in total. The van der Waals surface area contributed by atoms with E-state index in [1.165, 1.54) is 12.1 Å². The van der Waals surface area contributed by atoms with Gasteiger partial charge < -0.3 is 21.0 Å². The highest BCUT2D eigenvalue weighted by Crippen LogP contribution is 2.18. The van der Waals surface area contributed by atoms with Gasteiger partial charge in [0.1, 0.15) is 11.6 Å². The van der Waals surface area contributed by atoms with Crippen LogP contribution in [0.15, 0.2) is 65.5 Å². The van der Waals surface area contributed by atoms with Crippen molar-refractivity contribution < 1.29 is 4.39 Å². The molecule has 1 aromatic heterocycles. The highest BCUT2D eigenvalue weighted by Gasteiger charge is 2.11. The molecular formula is C21H21FN4O. The second-order valence-corrected chi connectivity index (χ2v) is 6.26. The Kier molecular flexibility index (Phi) is 5.78. The van der Waals surface area contributed by atoms with Crippen molar-refractivity contribution in [1.29, 1.82) is 5.41 Å². The quantitative estimate of drug-likeness (QED) is 0.480. The van der Waals surface area contributed by atoms with E-state index in [4.69, 9.17) is 5.41 Å². The minimum atomic E-state index is -0.287. The van der Waals surface area contributed by atoms with E-state index >= 15 is 0 Å². The Labute approximate surface area is 156 Å². The first-order valence-corrected chi connectivity index (χ1v) is 8.62. The van der Waals surface area contributed by atoms with Crippen molar-refractivity contribution in [2.45, 2.75) is 20.0 Å². The van der Waals surface area contributed by atoms with Gasteiger partial charge in [0, 0.05) is 35.6 Å². The molecule has 0 unspecified atom stereocenters. The van der Waals surface area contributed by atoms with Crippen molar-refractivity contribution in [1.82, 2.24) is 10.3 Å². The maximum absolute atomic E-state index is 13.2. The van der Waals surface area contributed by atoms with Gasteiger partial charge in [-0.05, 0) is 42.8 Å². The van der Waals surface area contributed by atoms with Crippen LogP contribution in [-0.4, -0.2) is 10.7 Å². The summed E-state index contributed by atoms with van der Waals surface area (Å²) in [5.41, 5.74) is 2.89. The zero-order valence-electron chi connectivity index (χ0n) is 15.0. The van der Waals surface area contributed by atoms with Crippen LogP contribution in [0.5, 0.6) is 0 Å². The third kappa shape index (κ3) is 4.89. The Balaban J connectivity index is 1.77. The average Bonchev–Trinajstić information content (AvgIpc) is 2.64. The topological polar surface area (TPSA) is 80.8 Å². The first-order valence-electron chi connectivity index (χ1n) is 8.62. The van der Waals surface area contributed by atoms with Crippen LogP contribution >= 0.6 is 0 Å². The number of nitrogens with one attached hydrogen (secondary N) is 4. The third-order valence-electron chi connectivity index (χ3n) is 4.10. The molecule has 0 aliphatic rings. The molecule has 0 aliphatic carbocycles. The van der Waals surface area contributed by atoms with Crippen molar-refractivity contribution >= 4 is 17.2 Å².